The largest absolute Gasteiger partial charge is 0.507 e. The van der Waals surface area contributed by atoms with Crippen LogP contribution < -0.4 is 4.74 Å². The second kappa shape index (κ2) is 5.30. The third-order valence-corrected chi connectivity index (χ3v) is 2.74. The zero-order valence-electron chi connectivity index (χ0n) is 8.86. The van der Waals surface area contributed by atoms with Crippen molar-refractivity contribution in [3.63, 3.8) is 0 Å². The van der Waals surface area contributed by atoms with E-state index in [9.17, 15) is 5.11 Å². The monoisotopic (exact) mass is 268 g/mol. The lowest BCUT2D eigenvalue weighted by Crippen LogP contribution is -1.95. The van der Waals surface area contributed by atoms with E-state index in [1.807, 2.05) is 0 Å². The fourth-order valence-electron chi connectivity index (χ4n) is 1.35. The summed E-state index contributed by atoms with van der Waals surface area (Å²) < 4.78 is 5.51. The van der Waals surface area contributed by atoms with Gasteiger partial charge in [0.25, 0.3) is 0 Å². The van der Waals surface area contributed by atoms with Crippen LogP contribution in [0, 0.1) is 0 Å². The van der Waals surface area contributed by atoms with Gasteiger partial charge in [0.2, 0.25) is 0 Å². The molecule has 4 heteroatoms. The Balaban J connectivity index is 2.04. The summed E-state index contributed by atoms with van der Waals surface area (Å²) in [7, 11) is 0. The number of halogens is 2. The minimum absolute atomic E-state index is 0.131. The van der Waals surface area contributed by atoms with E-state index in [0.717, 1.165) is 0 Å². The minimum Gasteiger partial charge on any atom is -0.507 e. The van der Waals surface area contributed by atoms with Crippen LogP contribution in [0.1, 0.15) is 5.56 Å². The maximum Gasteiger partial charge on any atom is 0.123 e. The molecular weight excluding hydrogens is 259 g/mol. The molecule has 0 unspecified atom stereocenters. The van der Waals surface area contributed by atoms with Crippen molar-refractivity contribution in [2.24, 2.45) is 0 Å². The number of ether oxygens (including phenoxy) is 1. The van der Waals surface area contributed by atoms with Gasteiger partial charge in [-0.3, -0.25) is 0 Å². The zero-order chi connectivity index (χ0) is 12.3. The Bertz CT molecular complexity index is 509. The molecule has 17 heavy (non-hydrogen) atoms. The molecule has 0 amide bonds. The van der Waals surface area contributed by atoms with Gasteiger partial charge in [-0.15, -0.1) is 0 Å². The molecule has 0 aliphatic rings. The topological polar surface area (TPSA) is 29.5 Å². The highest BCUT2D eigenvalue weighted by atomic mass is 35.5. The summed E-state index contributed by atoms with van der Waals surface area (Å²) >= 11 is 11.5. The molecule has 0 fully saturated rings. The molecule has 0 radical (unpaired) electrons. The molecule has 0 saturated heterocycles. The lowest BCUT2D eigenvalue weighted by molar-refractivity contribution is 0.299. The average molecular weight is 269 g/mol. The maximum atomic E-state index is 9.63. The molecule has 0 heterocycles. The van der Waals surface area contributed by atoms with Crippen molar-refractivity contribution < 1.29 is 9.84 Å². The second-order valence-electron chi connectivity index (χ2n) is 3.52. The van der Waals surface area contributed by atoms with Crippen LogP contribution in [0.5, 0.6) is 11.5 Å². The van der Waals surface area contributed by atoms with Crippen LogP contribution in [-0.2, 0) is 6.61 Å². The quantitative estimate of drug-likeness (QED) is 0.901. The van der Waals surface area contributed by atoms with E-state index in [-0.39, 0.29) is 12.4 Å². The highest BCUT2D eigenvalue weighted by molar-refractivity contribution is 6.30. The smallest absolute Gasteiger partial charge is 0.123 e. The average Bonchev–Trinajstić information content (AvgIpc) is 2.30. The summed E-state index contributed by atoms with van der Waals surface area (Å²) in [6.45, 7) is 0.282. The molecule has 0 aromatic heterocycles. The van der Waals surface area contributed by atoms with Gasteiger partial charge < -0.3 is 9.84 Å². The number of phenolic OH excluding ortho intramolecular Hbond substituents is 1. The molecule has 2 aromatic rings. The van der Waals surface area contributed by atoms with Crippen molar-refractivity contribution in [1.82, 2.24) is 0 Å². The van der Waals surface area contributed by atoms with Crippen molar-refractivity contribution in [3.05, 3.63) is 58.1 Å². The Kier molecular flexibility index (Phi) is 3.77. The van der Waals surface area contributed by atoms with Crippen LogP contribution >= 0.6 is 23.2 Å². The van der Waals surface area contributed by atoms with Gasteiger partial charge >= 0.3 is 0 Å². The molecule has 0 aliphatic heterocycles. The Morgan fingerprint density at radius 1 is 0.941 bits per heavy atom. The van der Waals surface area contributed by atoms with Gasteiger partial charge in [-0.05, 0) is 36.4 Å². The van der Waals surface area contributed by atoms with Crippen molar-refractivity contribution in [1.29, 1.82) is 0 Å². The normalized spacial score (nSPS) is 10.2. The van der Waals surface area contributed by atoms with Gasteiger partial charge in [0.1, 0.15) is 18.1 Å². The summed E-state index contributed by atoms with van der Waals surface area (Å²) in [4.78, 5) is 0. The third kappa shape index (κ3) is 3.29. The lowest BCUT2D eigenvalue weighted by atomic mass is 10.2. The number of hydrogen-bond donors (Lipinski definition) is 1. The number of phenols is 1. The highest BCUT2D eigenvalue weighted by Gasteiger charge is 2.03. The molecule has 0 aliphatic carbocycles. The van der Waals surface area contributed by atoms with Crippen LogP contribution in [-0.4, -0.2) is 5.11 Å². The minimum atomic E-state index is 0.131. The van der Waals surface area contributed by atoms with Crippen LogP contribution in [0.3, 0.4) is 0 Å². The van der Waals surface area contributed by atoms with E-state index < -0.39 is 0 Å². The van der Waals surface area contributed by atoms with E-state index in [1.54, 1.807) is 36.4 Å². The Labute approximate surface area is 109 Å². The van der Waals surface area contributed by atoms with Crippen LogP contribution in [0.25, 0.3) is 0 Å². The van der Waals surface area contributed by atoms with Gasteiger partial charge in [0.05, 0.1) is 0 Å². The molecule has 2 rings (SSSR count). The SMILES string of the molecule is Oc1cc(Cl)ccc1COc1ccc(Cl)cc1. The first-order valence-corrected chi connectivity index (χ1v) is 5.76. The maximum absolute atomic E-state index is 9.63. The molecule has 2 nitrogen and oxygen atoms in total. The number of benzene rings is 2. The third-order valence-electron chi connectivity index (χ3n) is 2.26. The van der Waals surface area contributed by atoms with Gasteiger partial charge in [0, 0.05) is 15.6 Å². The van der Waals surface area contributed by atoms with Crippen molar-refractivity contribution in [2.45, 2.75) is 6.61 Å². The van der Waals surface area contributed by atoms with Gasteiger partial charge in [-0.25, -0.2) is 0 Å². The van der Waals surface area contributed by atoms with Gasteiger partial charge in [-0.1, -0.05) is 29.3 Å². The predicted octanol–water partition coefficient (Wildman–Crippen LogP) is 4.28. The fraction of sp³-hybridized carbons (Fsp3) is 0.0769. The standard InChI is InChI=1S/C13H10Cl2O2/c14-10-3-5-12(6-4-10)17-8-9-1-2-11(15)7-13(9)16/h1-7,16H,8H2. The van der Waals surface area contributed by atoms with Crippen molar-refractivity contribution >= 4 is 23.2 Å². The van der Waals surface area contributed by atoms with Gasteiger partial charge in [-0.2, -0.15) is 0 Å². The Morgan fingerprint density at radius 3 is 2.24 bits per heavy atom. The second-order valence-corrected chi connectivity index (χ2v) is 4.39. The molecule has 0 bridgehead atoms. The van der Waals surface area contributed by atoms with E-state index >= 15 is 0 Å². The Morgan fingerprint density at radius 2 is 1.59 bits per heavy atom. The number of rotatable bonds is 3. The van der Waals surface area contributed by atoms with Gasteiger partial charge in [0.15, 0.2) is 0 Å². The summed E-state index contributed by atoms with van der Waals surface area (Å²) in [5, 5.41) is 10.8. The summed E-state index contributed by atoms with van der Waals surface area (Å²) in [5.41, 5.74) is 0.685. The summed E-state index contributed by atoms with van der Waals surface area (Å²) in [6, 6.07) is 12.0. The van der Waals surface area contributed by atoms with E-state index in [0.29, 0.717) is 21.4 Å². The molecule has 1 N–H and O–H groups in total. The number of hydrogen-bond acceptors (Lipinski definition) is 2. The molecule has 0 saturated carbocycles. The molecule has 88 valence electrons. The van der Waals surface area contributed by atoms with E-state index in [1.165, 1.54) is 6.07 Å². The van der Waals surface area contributed by atoms with E-state index in [2.05, 4.69) is 0 Å². The lowest BCUT2D eigenvalue weighted by Gasteiger charge is -2.08. The molecular formula is C13H10Cl2O2. The first kappa shape index (κ1) is 12.1. The first-order valence-electron chi connectivity index (χ1n) is 5.01. The van der Waals surface area contributed by atoms with Crippen LogP contribution in [0.15, 0.2) is 42.5 Å². The zero-order valence-corrected chi connectivity index (χ0v) is 10.4. The molecule has 0 spiro atoms. The predicted molar refractivity (Wildman–Crippen MR) is 68.9 cm³/mol. The molecule has 2 aromatic carbocycles. The van der Waals surface area contributed by atoms with Crippen LogP contribution in [0.4, 0.5) is 0 Å². The van der Waals surface area contributed by atoms with E-state index in [4.69, 9.17) is 27.9 Å². The Hall–Kier alpha value is -1.38. The summed E-state index contributed by atoms with van der Waals surface area (Å²) in [5.74, 6) is 0.829. The first-order chi connectivity index (χ1) is 8.15. The number of aromatic hydroxyl groups is 1. The highest BCUT2D eigenvalue weighted by Crippen LogP contribution is 2.24. The van der Waals surface area contributed by atoms with Crippen molar-refractivity contribution in [2.75, 3.05) is 0 Å². The van der Waals surface area contributed by atoms with Crippen LogP contribution in [0.2, 0.25) is 10.0 Å². The fourth-order valence-corrected chi connectivity index (χ4v) is 1.64. The molecule has 0 atom stereocenters. The summed E-state index contributed by atoms with van der Waals surface area (Å²) in [6.07, 6.45) is 0. The van der Waals surface area contributed by atoms with Crippen molar-refractivity contribution in [3.8, 4) is 11.5 Å².